The van der Waals surface area contributed by atoms with Crippen LogP contribution in [0.15, 0.2) is 17.1 Å². The van der Waals surface area contributed by atoms with Gasteiger partial charge in [-0.1, -0.05) is 0 Å². The summed E-state index contributed by atoms with van der Waals surface area (Å²) < 4.78 is 0. The molecule has 0 saturated carbocycles. The first-order chi connectivity index (χ1) is 5.72. The molecule has 0 unspecified atom stereocenters. The largest absolute Gasteiger partial charge is 0.352 e. The summed E-state index contributed by atoms with van der Waals surface area (Å²) in [4.78, 5) is 17.4. The van der Waals surface area contributed by atoms with Gasteiger partial charge in [-0.05, 0) is 26.0 Å². The van der Waals surface area contributed by atoms with Gasteiger partial charge in [0.15, 0.2) is 6.29 Å². The van der Waals surface area contributed by atoms with Crippen LogP contribution in [0, 0.1) is 0 Å². The highest BCUT2D eigenvalue weighted by Gasteiger charge is 1.93. The van der Waals surface area contributed by atoms with Crippen LogP contribution in [-0.4, -0.2) is 23.5 Å². The average Bonchev–Trinajstić information content (AvgIpc) is 2.48. The van der Waals surface area contributed by atoms with Crippen LogP contribution in [0.25, 0.3) is 0 Å². The fraction of sp³-hybridized carbons (Fsp3) is 0.333. The molecular formula is C9H12N2O. The van der Waals surface area contributed by atoms with Crippen LogP contribution in [0.1, 0.15) is 30.0 Å². The molecule has 1 aromatic heterocycles. The summed E-state index contributed by atoms with van der Waals surface area (Å²) in [6.07, 6.45) is 2.52. The Kier molecular flexibility index (Phi) is 2.80. The normalized spacial score (nSPS) is 11.2. The fourth-order valence-corrected chi connectivity index (χ4v) is 0.803. The van der Waals surface area contributed by atoms with Crippen LogP contribution >= 0.6 is 0 Å². The van der Waals surface area contributed by atoms with Gasteiger partial charge in [-0.3, -0.25) is 9.79 Å². The number of aldehydes is 1. The lowest BCUT2D eigenvalue weighted by Crippen LogP contribution is -1.90. The van der Waals surface area contributed by atoms with E-state index in [0.717, 1.165) is 12.0 Å². The van der Waals surface area contributed by atoms with Gasteiger partial charge in [0, 0.05) is 12.3 Å². The summed E-state index contributed by atoms with van der Waals surface area (Å²) >= 11 is 0. The molecule has 0 atom stereocenters. The molecule has 0 aromatic carbocycles. The molecule has 3 nitrogen and oxygen atoms in total. The smallest absolute Gasteiger partial charge is 0.166 e. The third kappa shape index (κ3) is 2.34. The zero-order valence-corrected chi connectivity index (χ0v) is 7.24. The summed E-state index contributed by atoms with van der Waals surface area (Å²) in [5.41, 5.74) is 1.45. The Bertz CT molecular complexity index is 286. The lowest BCUT2D eigenvalue weighted by atomic mass is 10.4. The van der Waals surface area contributed by atoms with Crippen LogP contribution in [0.4, 0.5) is 0 Å². The van der Waals surface area contributed by atoms with Gasteiger partial charge in [-0.25, -0.2) is 0 Å². The SMILES string of the molecule is CC(C)N=Cc1ccc(C=O)[nH]1. The van der Waals surface area contributed by atoms with Crippen molar-refractivity contribution in [1.29, 1.82) is 0 Å². The number of H-pyrrole nitrogens is 1. The molecule has 0 radical (unpaired) electrons. The van der Waals surface area contributed by atoms with Gasteiger partial charge >= 0.3 is 0 Å². The second kappa shape index (κ2) is 3.85. The first-order valence-corrected chi connectivity index (χ1v) is 3.89. The molecule has 1 aromatic rings. The molecule has 1 rings (SSSR count). The molecule has 0 spiro atoms. The first-order valence-electron chi connectivity index (χ1n) is 3.89. The number of carbonyl (C=O) groups is 1. The van der Waals surface area contributed by atoms with Gasteiger partial charge in [-0.2, -0.15) is 0 Å². The van der Waals surface area contributed by atoms with E-state index in [1.54, 1.807) is 12.3 Å². The molecule has 1 N–H and O–H groups in total. The quantitative estimate of drug-likeness (QED) is 0.536. The van der Waals surface area contributed by atoms with Crippen molar-refractivity contribution in [3.63, 3.8) is 0 Å². The van der Waals surface area contributed by atoms with E-state index in [9.17, 15) is 4.79 Å². The predicted octanol–water partition coefficient (Wildman–Crippen LogP) is 1.65. The van der Waals surface area contributed by atoms with Crippen molar-refractivity contribution in [2.45, 2.75) is 19.9 Å². The van der Waals surface area contributed by atoms with Gasteiger partial charge in [0.1, 0.15) is 0 Å². The maximum absolute atomic E-state index is 10.3. The van der Waals surface area contributed by atoms with E-state index in [1.807, 2.05) is 19.9 Å². The molecule has 0 aliphatic rings. The molecule has 0 amide bonds. The Morgan fingerprint density at radius 1 is 1.42 bits per heavy atom. The van der Waals surface area contributed by atoms with Crippen molar-refractivity contribution in [3.05, 3.63) is 23.5 Å². The third-order valence-electron chi connectivity index (χ3n) is 1.37. The predicted molar refractivity (Wildman–Crippen MR) is 48.9 cm³/mol. The van der Waals surface area contributed by atoms with Gasteiger partial charge in [0.25, 0.3) is 0 Å². The summed E-state index contributed by atoms with van der Waals surface area (Å²) in [7, 11) is 0. The van der Waals surface area contributed by atoms with Crippen molar-refractivity contribution in [1.82, 2.24) is 4.98 Å². The number of hydrogen-bond acceptors (Lipinski definition) is 2. The minimum Gasteiger partial charge on any atom is -0.352 e. The highest BCUT2D eigenvalue weighted by atomic mass is 16.1. The zero-order valence-electron chi connectivity index (χ0n) is 7.24. The van der Waals surface area contributed by atoms with E-state index in [1.165, 1.54) is 0 Å². The van der Waals surface area contributed by atoms with Crippen LogP contribution in [-0.2, 0) is 0 Å². The summed E-state index contributed by atoms with van der Waals surface area (Å²) in [5.74, 6) is 0. The minimum absolute atomic E-state index is 0.285. The highest BCUT2D eigenvalue weighted by molar-refractivity contribution is 5.81. The van der Waals surface area contributed by atoms with E-state index in [-0.39, 0.29) is 6.04 Å². The van der Waals surface area contributed by atoms with Crippen molar-refractivity contribution < 1.29 is 4.79 Å². The second-order valence-corrected chi connectivity index (χ2v) is 2.86. The highest BCUT2D eigenvalue weighted by Crippen LogP contribution is 1.97. The maximum atomic E-state index is 10.3. The fourth-order valence-electron chi connectivity index (χ4n) is 0.803. The van der Waals surface area contributed by atoms with Gasteiger partial charge in [0.05, 0.1) is 11.4 Å². The van der Waals surface area contributed by atoms with Crippen molar-refractivity contribution in [2.75, 3.05) is 0 Å². The lowest BCUT2D eigenvalue weighted by Gasteiger charge is -1.92. The number of aromatic amines is 1. The van der Waals surface area contributed by atoms with Crippen LogP contribution in [0.3, 0.4) is 0 Å². The average molecular weight is 164 g/mol. The van der Waals surface area contributed by atoms with E-state index in [2.05, 4.69) is 9.98 Å². The molecule has 0 saturated heterocycles. The number of rotatable bonds is 3. The molecule has 0 aliphatic carbocycles. The molecule has 12 heavy (non-hydrogen) atoms. The van der Waals surface area contributed by atoms with Gasteiger partial charge in [0.2, 0.25) is 0 Å². The maximum Gasteiger partial charge on any atom is 0.166 e. The van der Waals surface area contributed by atoms with Crippen molar-refractivity contribution >= 4 is 12.5 Å². The number of aromatic nitrogens is 1. The monoisotopic (exact) mass is 164 g/mol. The molecule has 0 bridgehead atoms. The van der Waals surface area contributed by atoms with Crippen LogP contribution in [0.5, 0.6) is 0 Å². The molecule has 0 fully saturated rings. The number of aliphatic imine (C=N–C) groups is 1. The Hall–Kier alpha value is -1.38. The Balaban J connectivity index is 2.70. The summed E-state index contributed by atoms with van der Waals surface area (Å²) in [6.45, 7) is 4.00. The van der Waals surface area contributed by atoms with Crippen LogP contribution in [0.2, 0.25) is 0 Å². The standard InChI is InChI=1S/C9H12N2O/c1-7(2)10-5-8-3-4-9(6-12)11-8/h3-7,11H,1-2H3. The van der Waals surface area contributed by atoms with E-state index < -0.39 is 0 Å². The van der Waals surface area contributed by atoms with Gasteiger partial charge < -0.3 is 4.98 Å². The summed E-state index contributed by atoms with van der Waals surface area (Å²) in [5, 5.41) is 0. The van der Waals surface area contributed by atoms with E-state index in [4.69, 9.17) is 0 Å². The molecule has 3 heteroatoms. The first kappa shape index (κ1) is 8.71. The van der Waals surface area contributed by atoms with Crippen molar-refractivity contribution in [3.8, 4) is 0 Å². The molecule has 64 valence electrons. The Morgan fingerprint density at radius 2 is 2.08 bits per heavy atom. The van der Waals surface area contributed by atoms with E-state index in [0.29, 0.717) is 5.69 Å². The number of hydrogen-bond donors (Lipinski definition) is 1. The number of nitrogens with zero attached hydrogens (tertiary/aromatic N) is 1. The second-order valence-electron chi connectivity index (χ2n) is 2.86. The molecular weight excluding hydrogens is 152 g/mol. The Labute approximate surface area is 71.5 Å². The van der Waals surface area contributed by atoms with Crippen molar-refractivity contribution in [2.24, 2.45) is 4.99 Å². The molecule has 0 aliphatic heterocycles. The number of nitrogens with one attached hydrogen (secondary N) is 1. The number of carbonyl (C=O) groups excluding carboxylic acids is 1. The topological polar surface area (TPSA) is 45.2 Å². The molecule has 1 heterocycles. The zero-order chi connectivity index (χ0) is 8.97. The minimum atomic E-state index is 0.285. The van der Waals surface area contributed by atoms with E-state index >= 15 is 0 Å². The Morgan fingerprint density at radius 3 is 2.58 bits per heavy atom. The van der Waals surface area contributed by atoms with Gasteiger partial charge in [-0.15, -0.1) is 0 Å². The lowest BCUT2D eigenvalue weighted by molar-refractivity contribution is 0.111. The summed E-state index contributed by atoms with van der Waals surface area (Å²) in [6, 6.07) is 3.84. The van der Waals surface area contributed by atoms with Crippen LogP contribution < -0.4 is 0 Å². The third-order valence-corrected chi connectivity index (χ3v) is 1.37.